The summed E-state index contributed by atoms with van der Waals surface area (Å²) < 4.78 is 4.78. The molecule has 0 radical (unpaired) electrons. The summed E-state index contributed by atoms with van der Waals surface area (Å²) in [5, 5.41) is 0. The Labute approximate surface area is 108 Å². The number of methoxy groups -OCH3 is 1. The monoisotopic (exact) mass is 245 g/mol. The smallest absolute Gasteiger partial charge is 0.337 e. The van der Waals surface area contributed by atoms with Crippen LogP contribution in [0.25, 0.3) is 0 Å². The van der Waals surface area contributed by atoms with E-state index in [0.29, 0.717) is 11.6 Å². The third-order valence-electron chi connectivity index (χ3n) is 4.21. The summed E-state index contributed by atoms with van der Waals surface area (Å²) >= 11 is 0. The summed E-state index contributed by atoms with van der Waals surface area (Å²) in [7, 11) is 1.44. The van der Waals surface area contributed by atoms with Gasteiger partial charge in [0, 0.05) is 12.6 Å². The Balaban J connectivity index is 1.93. The van der Waals surface area contributed by atoms with Crippen molar-refractivity contribution in [3.63, 3.8) is 0 Å². The van der Waals surface area contributed by atoms with E-state index < -0.39 is 0 Å². The molecule has 0 aliphatic carbocycles. The van der Waals surface area contributed by atoms with Gasteiger partial charge in [0.25, 0.3) is 0 Å². The van der Waals surface area contributed by atoms with E-state index in [-0.39, 0.29) is 5.97 Å². The second-order valence-corrected chi connectivity index (χ2v) is 5.20. The zero-order valence-electron chi connectivity index (χ0n) is 10.8. The lowest BCUT2D eigenvalue weighted by Crippen LogP contribution is -2.38. The van der Waals surface area contributed by atoms with Crippen LogP contribution < -0.4 is 0 Å². The van der Waals surface area contributed by atoms with Gasteiger partial charge < -0.3 is 4.74 Å². The van der Waals surface area contributed by atoms with Gasteiger partial charge >= 0.3 is 5.97 Å². The van der Waals surface area contributed by atoms with Gasteiger partial charge in [-0.05, 0) is 49.1 Å². The highest BCUT2D eigenvalue weighted by atomic mass is 16.5. The molecular formula is C15H19NO2. The Bertz CT molecular complexity index is 470. The van der Waals surface area contributed by atoms with Crippen molar-refractivity contribution in [3.8, 4) is 0 Å². The lowest BCUT2D eigenvalue weighted by atomic mass is 9.86. The molecule has 0 unspecified atom stereocenters. The molecular weight excluding hydrogens is 226 g/mol. The van der Waals surface area contributed by atoms with Crippen LogP contribution in [0.15, 0.2) is 18.2 Å². The Hall–Kier alpha value is -1.35. The molecule has 1 fully saturated rings. The molecule has 1 saturated heterocycles. The Kier molecular flexibility index (Phi) is 3.08. The molecule has 0 spiro atoms. The SMILES string of the molecule is COC(=O)c1ccc2c(c1)CCN1CCCC[C@@H]21. The van der Waals surface area contributed by atoms with Gasteiger partial charge in [0.05, 0.1) is 12.7 Å². The van der Waals surface area contributed by atoms with E-state index in [1.807, 2.05) is 12.1 Å². The van der Waals surface area contributed by atoms with Crippen LogP contribution >= 0.6 is 0 Å². The van der Waals surface area contributed by atoms with Crippen molar-refractivity contribution in [2.75, 3.05) is 20.2 Å². The van der Waals surface area contributed by atoms with Crippen LogP contribution in [0, 0.1) is 0 Å². The summed E-state index contributed by atoms with van der Waals surface area (Å²) in [4.78, 5) is 14.1. The first-order chi connectivity index (χ1) is 8.79. The molecule has 96 valence electrons. The number of benzene rings is 1. The molecule has 0 aromatic heterocycles. The zero-order chi connectivity index (χ0) is 12.5. The van der Waals surface area contributed by atoms with Crippen molar-refractivity contribution in [1.29, 1.82) is 0 Å². The fourth-order valence-electron chi connectivity index (χ4n) is 3.27. The summed E-state index contributed by atoms with van der Waals surface area (Å²) in [6.45, 7) is 2.35. The first-order valence-corrected chi connectivity index (χ1v) is 6.75. The highest BCUT2D eigenvalue weighted by molar-refractivity contribution is 5.89. The number of carbonyl (C=O) groups excluding carboxylic acids is 1. The minimum atomic E-state index is -0.233. The van der Waals surface area contributed by atoms with Crippen LogP contribution in [0.5, 0.6) is 0 Å². The van der Waals surface area contributed by atoms with E-state index in [0.717, 1.165) is 13.0 Å². The van der Waals surface area contributed by atoms with Gasteiger partial charge in [0.1, 0.15) is 0 Å². The number of rotatable bonds is 1. The number of fused-ring (bicyclic) bond motifs is 3. The van der Waals surface area contributed by atoms with Gasteiger partial charge in [-0.3, -0.25) is 4.90 Å². The maximum absolute atomic E-state index is 11.5. The van der Waals surface area contributed by atoms with Crippen molar-refractivity contribution in [2.24, 2.45) is 0 Å². The lowest BCUT2D eigenvalue weighted by molar-refractivity contribution is 0.0600. The van der Waals surface area contributed by atoms with E-state index in [2.05, 4.69) is 11.0 Å². The summed E-state index contributed by atoms with van der Waals surface area (Å²) in [6.07, 6.45) is 4.95. The molecule has 2 heterocycles. The molecule has 3 rings (SSSR count). The number of nitrogens with zero attached hydrogens (tertiary/aromatic N) is 1. The summed E-state index contributed by atoms with van der Waals surface area (Å²) in [6, 6.07) is 6.63. The molecule has 0 amide bonds. The molecule has 2 aliphatic heterocycles. The fourth-order valence-corrected chi connectivity index (χ4v) is 3.27. The fraction of sp³-hybridized carbons (Fsp3) is 0.533. The maximum atomic E-state index is 11.5. The summed E-state index contributed by atoms with van der Waals surface area (Å²) in [5.41, 5.74) is 3.44. The minimum absolute atomic E-state index is 0.233. The predicted molar refractivity (Wildman–Crippen MR) is 69.7 cm³/mol. The number of carbonyl (C=O) groups is 1. The first-order valence-electron chi connectivity index (χ1n) is 6.75. The van der Waals surface area contributed by atoms with Crippen molar-refractivity contribution in [3.05, 3.63) is 34.9 Å². The second kappa shape index (κ2) is 4.73. The summed E-state index contributed by atoms with van der Waals surface area (Å²) in [5.74, 6) is -0.233. The van der Waals surface area contributed by atoms with Crippen LogP contribution in [0.4, 0.5) is 0 Å². The number of piperidine rings is 1. The number of hydrogen-bond donors (Lipinski definition) is 0. The molecule has 0 bridgehead atoms. The van der Waals surface area contributed by atoms with Crippen LogP contribution in [0.2, 0.25) is 0 Å². The first kappa shape index (κ1) is 11.7. The van der Waals surface area contributed by atoms with E-state index in [1.54, 1.807) is 0 Å². The topological polar surface area (TPSA) is 29.5 Å². The predicted octanol–water partition coefficient (Wildman–Crippen LogP) is 2.56. The highest BCUT2D eigenvalue weighted by Gasteiger charge is 2.29. The van der Waals surface area contributed by atoms with Gasteiger partial charge in [0.2, 0.25) is 0 Å². The van der Waals surface area contributed by atoms with Crippen molar-refractivity contribution in [1.82, 2.24) is 4.90 Å². The van der Waals surface area contributed by atoms with Gasteiger partial charge in [-0.1, -0.05) is 12.5 Å². The molecule has 2 aliphatic rings. The highest BCUT2D eigenvalue weighted by Crippen LogP contribution is 2.36. The lowest BCUT2D eigenvalue weighted by Gasteiger charge is -2.40. The Morgan fingerprint density at radius 3 is 3.06 bits per heavy atom. The zero-order valence-corrected chi connectivity index (χ0v) is 10.8. The van der Waals surface area contributed by atoms with Crippen LogP contribution in [-0.2, 0) is 11.2 Å². The van der Waals surface area contributed by atoms with Crippen LogP contribution in [0.1, 0.15) is 46.8 Å². The van der Waals surface area contributed by atoms with Crippen molar-refractivity contribution in [2.45, 2.75) is 31.7 Å². The number of hydrogen-bond acceptors (Lipinski definition) is 3. The number of ether oxygens (including phenoxy) is 1. The molecule has 0 N–H and O–H groups in total. The minimum Gasteiger partial charge on any atom is -0.465 e. The van der Waals surface area contributed by atoms with Crippen molar-refractivity contribution >= 4 is 5.97 Å². The second-order valence-electron chi connectivity index (χ2n) is 5.20. The van der Waals surface area contributed by atoms with Gasteiger partial charge in [0.15, 0.2) is 0 Å². The van der Waals surface area contributed by atoms with Gasteiger partial charge in [-0.2, -0.15) is 0 Å². The number of esters is 1. The largest absolute Gasteiger partial charge is 0.465 e. The van der Waals surface area contributed by atoms with E-state index >= 15 is 0 Å². The average molecular weight is 245 g/mol. The molecule has 18 heavy (non-hydrogen) atoms. The Morgan fingerprint density at radius 1 is 1.33 bits per heavy atom. The van der Waals surface area contributed by atoms with Crippen LogP contribution in [-0.4, -0.2) is 31.1 Å². The molecule has 1 aromatic rings. The standard InChI is InChI=1S/C15H19NO2/c1-18-15(17)12-5-6-13-11(10-12)7-9-16-8-3-2-4-14(13)16/h5-6,10,14H,2-4,7-9H2,1H3/t14-/m0/s1. The van der Waals surface area contributed by atoms with Crippen molar-refractivity contribution < 1.29 is 9.53 Å². The molecule has 1 aromatic carbocycles. The van der Waals surface area contributed by atoms with E-state index in [1.165, 1.54) is 44.0 Å². The normalized spacial score (nSPS) is 23.1. The average Bonchev–Trinajstić information content (AvgIpc) is 2.45. The quantitative estimate of drug-likeness (QED) is 0.712. The third-order valence-corrected chi connectivity index (χ3v) is 4.21. The maximum Gasteiger partial charge on any atom is 0.337 e. The third kappa shape index (κ3) is 1.93. The molecule has 3 nitrogen and oxygen atoms in total. The van der Waals surface area contributed by atoms with Crippen LogP contribution in [0.3, 0.4) is 0 Å². The molecule has 3 heteroatoms. The van der Waals surface area contributed by atoms with Gasteiger partial charge in [-0.25, -0.2) is 4.79 Å². The van der Waals surface area contributed by atoms with Gasteiger partial charge in [-0.15, -0.1) is 0 Å². The van der Waals surface area contributed by atoms with E-state index in [4.69, 9.17) is 4.74 Å². The molecule has 0 saturated carbocycles. The van der Waals surface area contributed by atoms with E-state index in [9.17, 15) is 4.79 Å². The Morgan fingerprint density at radius 2 is 2.22 bits per heavy atom. The molecule has 1 atom stereocenters.